The first-order valence-electron chi connectivity index (χ1n) is 5.65. The average Bonchev–Trinajstić information content (AvgIpc) is 2.43. The Morgan fingerprint density at radius 1 is 0.538 bits per heavy atom. The number of Topliss-reactive ketones (excluding diaryl/α,β-unsaturated/α-hetero) is 1. The molecule has 0 aliphatic heterocycles. The van der Waals surface area contributed by atoms with Crippen molar-refractivity contribution in [2.75, 3.05) is 0 Å². The van der Waals surface area contributed by atoms with Gasteiger partial charge in [-0.1, -0.05) is 6.92 Å². The second-order valence-electron chi connectivity index (χ2n) is 4.60. The molecule has 0 atom stereocenters. The quantitative estimate of drug-likeness (QED) is 0.516. The van der Waals surface area contributed by atoms with Crippen LogP contribution in [0.2, 0.25) is 0 Å². The van der Waals surface area contributed by atoms with Gasteiger partial charge in [-0.25, -0.2) is 0 Å². The van der Waals surface area contributed by atoms with E-state index in [1.54, 1.807) is 0 Å². The molecule has 26 heavy (non-hydrogen) atoms. The Morgan fingerprint density at radius 3 is 1.08 bits per heavy atom. The SMILES string of the molecule is C[CH]C(=O)C(F)(F)C(F)(F)C(F)(F)C(F)(F)C(F)(F)C(F)(F)C(F)(F)F. The summed E-state index contributed by atoms with van der Waals surface area (Å²) in [6.45, 7) is 0.203. The van der Waals surface area contributed by atoms with Gasteiger partial charge in [-0.3, -0.25) is 4.79 Å². The maximum Gasteiger partial charge on any atom is 0.460 e. The topological polar surface area (TPSA) is 17.1 Å². The van der Waals surface area contributed by atoms with Gasteiger partial charge in [-0.2, -0.15) is 65.9 Å². The van der Waals surface area contributed by atoms with Crippen molar-refractivity contribution in [3.8, 4) is 0 Å². The van der Waals surface area contributed by atoms with E-state index in [9.17, 15) is 70.7 Å². The summed E-state index contributed by atoms with van der Waals surface area (Å²) in [6.07, 6.45) is -8.23. The van der Waals surface area contributed by atoms with Crippen molar-refractivity contribution in [3.05, 3.63) is 6.42 Å². The molecule has 0 unspecified atom stereocenters. The Bertz CT molecular complexity index is 543. The van der Waals surface area contributed by atoms with E-state index in [-0.39, 0.29) is 6.92 Å². The highest BCUT2D eigenvalue weighted by Crippen LogP contribution is 2.62. The van der Waals surface area contributed by atoms with Gasteiger partial charge in [0.2, 0.25) is 5.78 Å². The van der Waals surface area contributed by atoms with Crippen molar-refractivity contribution in [3.63, 3.8) is 0 Å². The van der Waals surface area contributed by atoms with Crippen molar-refractivity contribution in [1.29, 1.82) is 0 Å². The lowest BCUT2D eigenvalue weighted by atomic mass is 9.89. The largest absolute Gasteiger partial charge is 0.460 e. The van der Waals surface area contributed by atoms with Crippen LogP contribution in [-0.2, 0) is 4.79 Å². The van der Waals surface area contributed by atoms with Gasteiger partial charge < -0.3 is 0 Å². The van der Waals surface area contributed by atoms with Gasteiger partial charge in [0.15, 0.2) is 0 Å². The summed E-state index contributed by atoms with van der Waals surface area (Å²) in [5.41, 5.74) is 0. The molecule has 0 aromatic heterocycles. The third-order valence-corrected chi connectivity index (χ3v) is 2.90. The van der Waals surface area contributed by atoms with E-state index in [2.05, 4.69) is 0 Å². The minimum absolute atomic E-state index is 0.203. The van der Waals surface area contributed by atoms with Crippen molar-refractivity contribution >= 4 is 5.78 Å². The van der Waals surface area contributed by atoms with Crippen LogP contribution >= 0.6 is 0 Å². The molecule has 0 spiro atoms. The highest BCUT2D eigenvalue weighted by molar-refractivity contribution is 5.93. The number of carbonyl (C=O) groups is 1. The van der Waals surface area contributed by atoms with E-state index in [1.807, 2.05) is 0 Å². The molecule has 0 amide bonds. The van der Waals surface area contributed by atoms with Crippen molar-refractivity contribution in [2.45, 2.75) is 48.6 Å². The molecule has 0 aromatic rings. The molecule has 16 heteroatoms. The molecule has 0 fully saturated rings. The summed E-state index contributed by atoms with van der Waals surface area (Å²) in [5.74, 6) is -50.9. The Morgan fingerprint density at radius 2 is 0.808 bits per heavy atom. The van der Waals surface area contributed by atoms with Crippen LogP contribution < -0.4 is 0 Å². The fourth-order valence-electron chi connectivity index (χ4n) is 1.30. The number of hydrogen-bond donors (Lipinski definition) is 0. The highest BCUT2D eigenvalue weighted by atomic mass is 19.4. The minimum atomic E-state index is -8.38. The van der Waals surface area contributed by atoms with Crippen LogP contribution in [0.1, 0.15) is 6.92 Å². The number of carbonyl (C=O) groups excluding carboxylic acids is 1. The zero-order valence-corrected chi connectivity index (χ0v) is 11.7. The first-order chi connectivity index (χ1) is 11.0. The van der Waals surface area contributed by atoms with E-state index >= 15 is 0 Å². The molecule has 0 saturated heterocycles. The van der Waals surface area contributed by atoms with Crippen LogP contribution in [0.15, 0.2) is 0 Å². The van der Waals surface area contributed by atoms with Gasteiger partial charge in [0, 0.05) is 6.42 Å². The fraction of sp³-hybridized carbons (Fsp3) is 0.800. The zero-order valence-electron chi connectivity index (χ0n) is 11.7. The second-order valence-corrected chi connectivity index (χ2v) is 4.60. The third kappa shape index (κ3) is 2.88. The minimum Gasteiger partial charge on any atom is -0.292 e. The van der Waals surface area contributed by atoms with Crippen molar-refractivity contribution in [2.24, 2.45) is 0 Å². The van der Waals surface area contributed by atoms with Gasteiger partial charge in [-0.15, -0.1) is 0 Å². The maximum atomic E-state index is 13.1. The monoisotopic (exact) mass is 425 g/mol. The number of hydrogen-bond acceptors (Lipinski definition) is 1. The van der Waals surface area contributed by atoms with E-state index in [4.69, 9.17) is 0 Å². The van der Waals surface area contributed by atoms with Crippen LogP contribution in [0.5, 0.6) is 0 Å². The van der Waals surface area contributed by atoms with Crippen molar-refractivity contribution < 1.29 is 70.7 Å². The molecule has 0 aromatic carbocycles. The Kier molecular flexibility index (Phi) is 5.75. The molecule has 1 nitrogen and oxygen atoms in total. The lowest BCUT2D eigenvalue weighted by Crippen LogP contribution is -2.73. The molecule has 0 heterocycles. The van der Waals surface area contributed by atoms with Gasteiger partial charge >= 0.3 is 41.7 Å². The summed E-state index contributed by atoms with van der Waals surface area (Å²) < 4.78 is 190. The zero-order chi connectivity index (χ0) is 21.8. The van der Waals surface area contributed by atoms with E-state index in [0.717, 1.165) is 0 Å². The molecule has 0 saturated carbocycles. The van der Waals surface area contributed by atoms with Crippen LogP contribution in [-0.4, -0.2) is 47.5 Å². The average molecular weight is 425 g/mol. The molecular formula is C10H4F15O. The second kappa shape index (κ2) is 6.07. The fourth-order valence-corrected chi connectivity index (χ4v) is 1.30. The lowest BCUT2D eigenvalue weighted by Gasteiger charge is -2.41. The van der Waals surface area contributed by atoms with Gasteiger partial charge in [0.1, 0.15) is 0 Å². The Balaban J connectivity index is 6.56. The summed E-state index contributed by atoms with van der Waals surface area (Å²) in [7, 11) is 0. The summed E-state index contributed by atoms with van der Waals surface area (Å²) >= 11 is 0. The van der Waals surface area contributed by atoms with Crippen LogP contribution in [0, 0.1) is 6.42 Å². The lowest BCUT2D eigenvalue weighted by molar-refractivity contribution is -0.449. The summed E-state index contributed by atoms with van der Waals surface area (Å²) in [5, 5.41) is 0. The van der Waals surface area contributed by atoms with E-state index in [1.165, 1.54) is 0 Å². The van der Waals surface area contributed by atoms with Crippen LogP contribution in [0.25, 0.3) is 0 Å². The normalized spacial score (nSPS) is 16.0. The van der Waals surface area contributed by atoms with Gasteiger partial charge in [0.25, 0.3) is 0 Å². The molecule has 0 bridgehead atoms. The smallest absolute Gasteiger partial charge is 0.292 e. The third-order valence-electron chi connectivity index (χ3n) is 2.90. The molecule has 1 radical (unpaired) electrons. The molecule has 0 N–H and O–H groups in total. The molecular weight excluding hydrogens is 421 g/mol. The Hall–Kier alpha value is -1.38. The van der Waals surface area contributed by atoms with Gasteiger partial charge in [-0.05, 0) is 0 Å². The molecule has 155 valence electrons. The standard InChI is InChI=1S/C10H4F15O/c1-2-3(26)4(11,12)5(13,14)6(15,16)7(17,18)8(19,20)9(21,22)10(23,24)25/h2H,1H3. The van der Waals surface area contributed by atoms with E-state index in [0.29, 0.717) is 0 Å². The maximum absolute atomic E-state index is 13.1. The summed E-state index contributed by atoms with van der Waals surface area (Å²) in [6, 6.07) is 0. The number of ketones is 1. The molecule has 0 aliphatic carbocycles. The number of alkyl halides is 15. The molecule has 0 aliphatic rings. The van der Waals surface area contributed by atoms with Crippen molar-refractivity contribution in [1.82, 2.24) is 0 Å². The predicted molar refractivity (Wildman–Crippen MR) is 50.7 cm³/mol. The first kappa shape index (κ1) is 24.6. The summed E-state index contributed by atoms with van der Waals surface area (Å²) in [4.78, 5) is 10.5. The van der Waals surface area contributed by atoms with Gasteiger partial charge in [0.05, 0.1) is 0 Å². The highest BCUT2D eigenvalue weighted by Gasteiger charge is 2.93. The van der Waals surface area contributed by atoms with Crippen LogP contribution in [0.4, 0.5) is 65.9 Å². The van der Waals surface area contributed by atoms with Crippen LogP contribution in [0.3, 0.4) is 0 Å². The molecule has 0 rings (SSSR count). The van der Waals surface area contributed by atoms with E-state index < -0.39 is 53.9 Å². The Labute approximate surface area is 133 Å². The predicted octanol–water partition coefficient (Wildman–Crippen LogP) is 5.15. The first-order valence-corrected chi connectivity index (χ1v) is 5.65. The number of halogens is 15. The number of rotatable bonds is 7.